The van der Waals surface area contributed by atoms with Gasteiger partial charge in [-0.25, -0.2) is 4.79 Å². The maximum Gasteiger partial charge on any atom is 0.335 e. The smallest absolute Gasteiger partial charge is 0.335 e. The highest BCUT2D eigenvalue weighted by molar-refractivity contribution is 9.10. The van der Waals surface area contributed by atoms with Crippen LogP contribution in [0.25, 0.3) is 11.6 Å². The van der Waals surface area contributed by atoms with Gasteiger partial charge in [0.25, 0.3) is 0 Å². The molecular formula is C17H11BrClNO3. The van der Waals surface area contributed by atoms with Gasteiger partial charge in [-0.2, -0.15) is 5.26 Å². The third-order valence-corrected chi connectivity index (χ3v) is 3.97. The Kier molecular flexibility index (Phi) is 5.43. The number of methoxy groups -OCH3 is 1. The zero-order valence-corrected chi connectivity index (χ0v) is 14.4. The number of aromatic carboxylic acids is 1. The average molecular weight is 393 g/mol. The summed E-state index contributed by atoms with van der Waals surface area (Å²) in [6, 6.07) is 11.7. The first-order chi connectivity index (χ1) is 11.0. The molecule has 2 rings (SSSR count). The molecule has 2 aromatic rings. The fraction of sp³-hybridized carbons (Fsp3) is 0.0588. The number of rotatable bonds is 4. The van der Waals surface area contributed by atoms with Gasteiger partial charge in [-0.05, 0) is 57.4 Å². The molecule has 23 heavy (non-hydrogen) atoms. The molecule has 2 aromatic carbocycles. The Morgan fingerprint density at radius 2 is 1.91 bits per heavy atom. The van der Waals surface area contributed by atoms with E-state index < -0.39 is 5.97 Å². The molecule has 0 aliphatic carbocycles. The predicted molar refractivity (Wildman–Crippen MR) is 92.6 cm³/mol. The van der Waals surface area contributed by atoms with E-state index in [2.05, 4.69) is 22.0 Å². The molecule has 0 bridgehead atoms. The van der Waals surface area contributed by atoms with Gasteiger partial charge < -0.3 is 9.84 Å². The maximum absolute atomic E-state index is 10.9. The number of allylic oxidation sites excluding steroid dienone is 1. The number of nitriles is 1. The van der Waals surface area contributed by atoms with Gasteiger partial charge in [-0.3, -0.25) is 0 Å². The van der Waals surface area contributed by atoms with Crippen LogP contribution in [0.4, 0.5) is 0 Å². The largest absolute Gasteiger partial charge is 0.494 e. The van der Waals surface area contributed by atoms with Crippen molar-refractivity contribution in [3.05, 3.63) is 62.6 Å². The van der Waals surface area contributed by atoms with Crippen LogP contribution in [0, 0.1) is 11.3 Å². The Hall–Kier alpha value is -2.29. The standard InChI is InChI=1S/C17H11BrClNO3/c1-23-16-14(18)7-10(8-15(16)19)6-13(9-20)11-2-4-12(5-3-11)17(21)22/h2-8H,1H3,(H,21,22)/b13-6-. The first kappa shape index (κ1) is 17.1. The van der Waals surface area contributed by atoms with Crippen molar-refractivity contribution in [2.24, 2.45) is 0 Å². The van der Waals surface area contributed by atoms with Crippen LogP contribution < -0.4 is 4.74 Å². The van der Waals surface area contributed by atoms with Crippen molar-refractivity contribution in [1.29, 1.82) is 5.26 Å². The quantitative estimate of drug-likeness (QED) is 0.595. The van der Waals surface area contributed by atoms with E-state index in [9.17, 15) is 10.1 Å². The first-order valence-electron chi connectivity index (χ1n) is 6.45. The molecule has 0 fully saturated rings. The summed E-state index contributed by atoms with van der Waals surface area (Å²) in [5.41, 5.74) is 1.92. The normalized spacial score (nSPS) is 11.0. The summed E-state index contributed by atoms with van der Waals surface area (Å²) in [5, 5.41) is 18.7. The molecule has 6 heteroatoms. The number of hydrogen-bond donors (Lipinski definition) is 1. The molecule has 0 heterocycles. The molecule has 0 unspecified atom stereocenters. The minimum Gasteiger partial charge on any atom is -0.494 e. The minimum atomic E-state index is -1.01. The summed E-state index contributed by atoms with van der Waals surface area (Å²) in [6.07, 6.45) is 1.67. The monoisotopic (exact) mass is 391 g/mol. The lowest BCUT2D eigenvalue weighted by Crippen LogP contribution is -1.95. The predicted octanol–water partition coefficient (Wildman–Crippen LogP) is 4.87. The third-order valence-electron chi connectivity index (χ3n) is 3.10. The van der Waals surface area contributed by atoms with Crippen molar-refractivity contribution in [1.82, 2.24) is 0 Å². The maximum atomic E-state index is 10.9. The lowest BCUT2D eigenvalue weighted by atomic mass is 10.0. The van der Waals surface area contributed by atoms with Gasteiger partial charge in [0.1, 0.15) is 0 Å². The summed E-state index contributed by atoms with van der Waals surface area (Å²) >= 11 is 9.50. The number of carboxylic acids is 1. The molecule has 1 N–H and O–H groups in total. The van der Waals surface area contributed by atoms with Crippen LogP contribution in [-0.4, -0.2) is 18.2 Å². The van der Waals surface area contributed by atoms with Crippen LogP contribution >= 0.6 is 27.5 Å². The third kappa shape index (κ3) is 3.92. The van der Waals surface area contributed by atoms with Crippen LogP contribution in [-0.2, 0) is 0 Å². The Morgan fingerprint density at radius 3 is 2.39 bits per heavy atom. The molecular weight excluding hydrogens is 382 g/mol. The van der Waals surface area contributed by atoms with E-state index in [1.54, 1.807) is 30.3 Å². The van der Waals surface area contributed by atoms with Crippen LogP contribution in [0.15, 0.2) is 40.9 Å². The van der Waals surface area contributed by atoms with Gasteiger partial charge in [-0.15, -0.1) is 0 Å². The van der Waals surface area contributed by atoms with Gasteiger partial charge in [-0.1, -0.05) is 23.7 Å². The summed E-state index contributed by atoms with van der Waals surface area (Å²) in [4.78, 5) is 10.9. The second kappa shape index (κ2) is 7.32. The SMILES string of the molecule is COc1c(Cl)cc(/C=C(/C#N)c2ccc(C(=O)O)cc2)cc1Br. The van der Waals surface area contributed by atoms with Crippen molar-refractivity contribution in [2.45, 2.75) is 0 Å². The van der Waals surface area contributed by atoms with E-state index in [4.69, 9.17) is 21.4 Å². The summed E-state index contributed by atoms with van der Waals surface area (Å²) in [6.45, 7) is 0. The van der Waals surface area contributed by atoms with Crippen LogP contribution in [0.1, 0.15) is 21.5 Å². The van der Waals surface area contributed by atoms with Crippen LogP contribution in [0.2, 0.25) is 5.02 Å². The Labute approximate surface area is 146 Å². The molecule has 116 valence electrons. The van der Waals surface area contributed by atoms with Crippen molar-refractivity contribution in [3.8, 4) is 11.8 Å². The second-order valence-electron chi connectivity index (χ2n) is 4.57. The number of ether oxygens (including phenoxy) is 1. The fourth-order valence-corrected chi connectivity index (χ4v) is 3.06. The van der Waals surface area contributed by atoms with Gasteiger partial charge in [0.2, 0.25) is 0 Å². The van der Waals surface area contributed by atoms with E-state index in [0.717, 1.165) is 5.56 Å². The number of halogens is 2. The Morgan fingerprint density at radius 1 is 1.30 bits per heavy atom. The van der Waals surface area contributed by atoms with Gasteiger partial charge >= 0.3 is 5.97 Å². The summed E-state index contributed by atoms with van der Waals surface area (Å²) in [7, 11) is 1.52. The van der Waals surface area contributed by atoms with Gasteiger partial charge in [0, 0.05) is 0 Å². The van der Waals surface area contributed by atoms with E-state index in [1.165, 1.54) is 19.2 Å². The molecule has 4 nitrogen and oxygen atoms in total. The van der Waals surface area contributed by atoms with E-state index in [-0.39, 0.29) is 5.56 Å². The molecule has 0 aliphatic rings. The fourth-order valence-electron chi connectivity index (χ4n) is 2.00. The topological polar surface area (TPSA) is 70.3 Å². The van der Waals surface area contributed by atoms with Crippen LogP contribution in [0.3, 0.4) is 0 Å². The molecule has 0 radical (unpaired) electrons. The zero-order valence-electron chi connectivity index (χ0n) is 12.0. The Bertz CT molecular complexity index is 800. The first-order valence-corrected chi connectivity index (χ1v) is 7.62. The lowest BCUT2D eigenvalue weighted by Gasteiger charge is -2.07. The average Bonchev–Trinajstić information content (AvgIpc) is 2.52. The van der Waals surface area contributed by atoms with E-state index in [0.29, 0.717) is 26.4 Å². The minimum absolute atomic E-state index is 0.168. The van der Waals surface area contributed by atoms with Gasteiger partial charge in [0.05, 0.1) is 33.8 Å². The zero-order chi connectivity index (χ0) is 17.0. The van der Waals surface area contributed by atoms with Crippen molar-refractivity contribution in [3.63, 3.8) is 0 Å². The number of carbonyl (C=O) groups is 1. The molecule has 0 aliphatic heterocycles. The summed E-state index contributed by atoms with van der Waals surface area (Å²) in [5.74, 6) is -0.488. The molecule has 0 amide bonds. The highest BCUT2D eigenvalue weighted by atomic mass is 79.9. The van der Waals surface area contributed by atoms with Crippen molar-refractivity contribution < 1.29 is 14.6 Å². The number of benzene rings is 2. The van der Waals surface area contributed by atoms with E-state index in [1.807, 2.05) is 0 Å². The Balaban J connectivity index is 2.43. The molecule has 0 atom stereocenters. The molecule has 0 saturated heterocycles. The highest BCUT2D eigenvalue weighted by Gasteiger charge is 2.09. The highest BCUT2D eigenvalue weighted by Crippen LogP contribution is 2.35. The summed E-state index contributed by atoms with van der Waals surface area (Å²) < 4.78 is 5.84. The van der Waals surface area contributed by atoms with Crippen molar-refractivity contribution in [2.75, 3.05) is 7.11 Å². The second-order valence-corrected chi connectivity index (χ2v) is 5.83. The molecule has 0 spiro atoms. The lowest BCUT2D eigenvalue weighted by molar-refractivity contribution is 0.0697. The van der Waals surface area contributed by atoms with E-state index >= 15 is 0 Å². The van der Waals surface area contributed by atoms with Gasteiger partial charge in [0.15, 0.2) is 5.75 Å². The van der Waals surface area contributed by atoms with Crippen LogP contribution in [0.5, 0.6) is 5.75 Å². The van der Waals surface area contributed by atoms with Crippen molar-refractivity contribution >= 4 is 45.1 Å². The number of nitrogens with zero attached hydrogens (tertiary/aromatic N) is 1. The number of carboxylic acid groups (broad SMARTS) is 1. The molecule has 0 saturated carbocycles. The molecule has 0 aromatic heterocycles. The number of hydrogen-bond acceptors (Lipinski definition) is 3.